The van der Waals surface area contributed by atoms with Crippen molar-refractivity contribution in [2.45, 2.75) is 13.3 Å². The molecule has 0 atom stereocenters. The fourth-order valence-corrected chi connectivity index (χ4v) is 1.63. The molecule has 0 aliphatic rings. The first-order valence-corrected chi connectivity index (χ1v) is 5.65. The number of carboxylic acids is 1. The van der Waals surface area contributed by atoms with Gasteiger partial charge in [-0.1, -0.05) is 6.92 Å². The van der Waals surface area contributed by atoms with Gasteiger partial charge in [0.1, 0.15) is 0 Å². The zero-order chi connectivity index (χ0) is 14.4. The fourth-order valence-electron chi connectivity index (χ4n) is 1.63. The van der Waals surface area contributed by atoms with Crippen molar-refractivity contribution in [1.82, 2.24) is 10.9 Å². The van der Waals surface area contributed by atoms with Gasteiger partial charge in [0.05, 0.1) is 16.2 Å². The Balaban J connectivity index is 3.26. The van der Waals surface area contributed by atoms with E-state index >= 15 is 0 Å². The lowest BCUT2D eigenvalue weighted by molar-refractivity contribution is -0.384. The maximum atomic E-state index is 11.2. The molecule has 0 heterocycles. The molecule has 0 bridgehead atoms. The highest BCUT2D eigenvalue weighted by atomic mass is 16.6. The lowest BCUT2D eigenvalue weighted by Crippen LogP contribution is -2.28. The van der Waals surface area contributed by atoms with Crippen molar-refractivity contribution < 1.29 is 14.8 Å². The summed E-state index contributed by atoms with van der Waals surface area (Å²) in [6.07, 6.45) is 0.330. The second kappa shape index (κ2) is 6.50. The van der Waals surface area contributed by atoms with Gasteiger partial charge >= 0.3 is 5.97 Å². The van der Waals surface area contributed by atoms with E-state index in [1.165, 1.54) is 24.3 Å². The monoisotopic (exact) mass is 265 g/mol. The van der Waals surface area contributed by atoms with Crippen LogP contribution in [-0.4, -0.2) is 23.0 Å². The second-order valence-corrected chi connectivity index (χ2v) is 3.69. The van der Waals surface area contributed by atoms with Crippen LogP contribution in [-0.2, 0) is 4.79 Å². The van der Waals surface area contributed by atoms with E-state index in [4.69, 9.17) is 5.11 Å². The van der Waals surface area contributed by atoms with Crippen LogP contribution in [0.25, 0.3) is 5.70 Å². The van der Waals surface area contributed by atoms with Gasteiger partial charge in [-0.05, 0) is 24.1 Å². The maximum absolute atomic E-state index is 11.2. The van der Waals surface area contributed by atoms with E-state index in [0.717, 1.165) is 0 Å². The maximum Gasteiger partial charge on any atom is 0.333 e. The van der Waals surface area contributed by atoms with Crippen molar-refractivity contribution >= 4 is 17.4 Å². The summed E-state index contributed by atoms with van der Waals surface area (Å²) in [5.74, 6) is -1.03. The van der Waals surface area contributed by atoms with Gasteiger partial charge in [0.15, 0.2) is 0 Å². The van der Waals surface area contributed by atoms with E-state index in [9.17, 15) is 14.9 Å². The summed E-state index contributed by atoms with van der Waals surface area (Å²) in [7, 11) is 1.61. The summed E-state index contributed by atoms with van der Waals surface area (Å²) in [5, 5.41) is 19.7. The van der Waals surface area contributed by atoms with Crippen LogP contribution in [0.15, 0.2) is 29.8 Å². The lowest BCUT2D eigenvalue weighted by Gasteiger charge is -2.13. The van der Waals surface area contributed by atoms with Gasteiger partial charge in [-0.25, -0.2) is 10.2 Å². The average Bonchev–Trinajstić information content (AvgIpc) is 2.38. The number of hydrazine groups is 1. The largest absolute Gasteiger partial charge is 0.478 e. The molecule has 0 aliphatic carbocycles. The summed E-state index contributed by atoms with van der Waals surface area (Å²) < 4.78 is 0. The molecule has 0 aliphatic heterocycles. The van der Waals surface area contributed by atoms with Crippen LogP contribution in [0.3, 0.4) is 0 Å². The highest BCUT2D eigenvalue weighted by Crippen LogP contribution is 2.21. The molecule has 1 aromatic rings. The highest BCUT2D eigenvalue weighted by molar-refractivity contribution is 5.95. The fraction of sp³-hybridized carbons (Fsp3) is 0.250. The van der Waals surface area contributed by atoms with E-state index in [0.29, 0.717) is 17.7 Å². The second-order valence-electron chi connectivity index (χ2n) is 3.69. The molecular weight excluding hydrogens is 250 g/mol. The SMILES string of the molecule is CC/C(C(=O)O)=C(\NNC)c1ccc([N+](=O)[O-])cc1. The zero-order valence-electron chi connectivity index (χ0n) is 10.6. The van der Waals surface area contributed by atoms with Crippen LogP contribution in [0.1, 0.15) is 18.9 Å². The Hall–Kier alpha value is -2.41. The lowest BCUT2D eigenvalue weighted by atomic mass is 10.0. The zero-order valence-corrected chi connectivity index (χ0v) is 10.6. The summed E-state index contributed by atoms with van der Waals surface area (Å²) in [6.45, 7) is 1.73. The van der Waals surface area contributed by atoms with Crippen LogP contribution in [0.2, 0.25) is 0 Å². The molecule has 3 N–H and O–H groups in total. The number of nitro groups is 1. The molecule has 0 amide bonds. The predicted octanol–water partition coefficient (Wildman–Crippen LogP) is 1.52. The number of carboxylic acid groups (broad SMARTS) is 1. The number of benzene rings is 1. The van der Waals surface area contributed by atoms with Gasteiger partial charge in [0.2, 0.25) is 0 Å². The minimum absolute atomic E-state index is 0.0408. The van der Waals surface area contributed by atoms with Crippen molar-refractivity contribution in [2.24, 2.45) is 0 Å². The summed E-state index contributed by atoms with van der Waals surface area (Å²) in [5.41, 5.74) is 6.55. The number of aliphatic carboxylic acids is 1. The van der Waals surface area contributed by atoms with E-state index in [-0.39, 0.29) is 11.3 Å². The first-order chi connectivity index (χ1) is 9.01. The number of nitrogens with one attached hydrogen (secondary N) is 2. The van der Waals surface area contributed by atoms with Gasteiger partial charge < -0.3 is 10.5 Å². The van der Waals surface area contributed by atoms with Crippen molar-refractivity contribution in [3.8, 4) is 0 Å². The summed E-state index contributed by atoms with van der Waals surface area (Å²) in [6, 6.07) is 5.69. The first kappa shape index (κ1) is 14.7. The Morgan fingerprint density at radius 1 is 1.37 bits per heavy atom. The summed E-state index contributed by atoms with van der Waals surface area (Å²) in [4.78, 5) is 21.2. The first-order valence-electron chi connectivity index (χ1n) is 5.65. The van der Waals surface area contributed by atoms with Gasteiger partial charge in [-0.3, -0.25) is 10.1 Å². The molecule has 0 saturated carbocycles. The number of nitro benzene ring substituents is 1. The molecule has 0 saturated heterocycles. The molecule has 0 fully saturated rings. The van der Waals surface area contributed by atoms with Gasteiger partial charge in [-0.2, -0.15) is 0 Å². The minimum Gasteiger partial charge on any atom is -0.478 e. The van der Waals surface area contributed by atoms with Crippen molar-refractivity contribution in [2.75, 3.05) is 7.05 Å². The third kappa shape index (κ3) is 3.52. The quantitative estimate of drug-likeness (QED) is 0.409. The molecule has 7 heteroatoms. The minimum atomic E-state index is -1.03. The van der Waals surface area contributed by atoms with Gasteiger partial charge in [0, 0.05) is 19.2 Å². The van der Waals surface area contributed by atoms with E-state index < -0.39 is 10.9 Å². The van der Waals surface area contributed by atoms with E-state index in [1.54, 1.807) is 14.0 Å². The highest BCUT2D eigenvalue weighted by Gasteiger charge is 2.15. The van der Waals surface area contributed by atoms with Crippen LogP contribution in [0.4, 0.5) is 5.69 Å². The van der Waals surface area contributed by atoms with Crippen molar-refractivity contribution in [1.29, 1.82) is 0 Å². The normalized spacial score (nSPS) is 11.7. The topological polar surface area (TPSA) is 104 Å². The van der Waals surface area contributed by atoms with Gasteiger partial charge in [0.25, 0.3) is 5.69 Å². The standard InChI is InChI=1S/C12H15N3O4/c1-3-10(12(16)17)11(14-13-2)8-4-6-9(7-5-8)15(18)19/h4-7,13-14H,3H2,1-2H3,(H,16,17)/b11-10+. The molecule has 7 nitrogen and oxygen atoms in total. The number of non-ortho nitro benzene ring substituents is 1. The third-order valence-electron chi connectivity index (χ3n) is 2.53. The van der Waals surface area contributed by atoms with E-state index in [1.807, 2.05) is 0 Å². The predicted molar refractivity (Wildman–Crippen MR) is 70.1 cm³/mol. The van der Waals surface area contributed by atoms with Crippen LogP contribution in [0.5, 0.6) is 0 Å². The number of hydrogen-bond acceptors (Lipinski definition) is 5. The van der Waals surface area contributed by atoms with E-state index in [2.05, 4.69) is 10.9 Å². The summed E-state index contributed by atoms with van der Waals surface area (Å²) >= 11 is 0. The molecule has 1 rings (SSSR count). The molecule has 0 aromatic heterocycles. The van der Waals surface area contributed by atoms with Crippen molar-refractivity contribution in [3.05, 3.63) is 45.5 Å². The van der Waals surface area contributed by atoms with Crippen LogP contribution < -0.4 is 10.9 Å². The molecule has 19 heavy (non-hydrogen) atoms. The number of hydrogen-bond donors (Lipinski definition) is 3. The molecule has 0 radical (unpaired) electrons. The van der Waals surface area contributed by atoms with Gasteiger partial charge in [-0.15, -0.1) is 0 Å². The Morgan fingerprint density at radius 3 is 2.32 bits per heavy atom. The molecule has 102 valence electrons. The number of nitrogens with zero attached hydrogens (tertiary/aromatic N) is 1. The Labute approximate surface area is 110 Å². The number of rotatable bonds is 6. The average molecular weight is 265 g/mol. The van der Waals surface area contributed by atoms with Crippen molar-refractivity contribution in [3.63, 3.8) is 0 Å². The Morgan fingerprint density at radius 2 is 1.95 bits per heavy atom. The van der Waals surface area contributed by atoms with Crippen LogP contribution in [0, 0.1) is 10.1 Å². The molecule has 0 unspecified atom stereocenters. The molecule has 1 aromatic carbocycles. The molecule has 0 spiro atoms. The third-order valence-corrected chi connectivity index (χ3v) is 2.53. The Kier molecular flexibility index (Phi) is 5.01. The molecular formula is C12H15N3O4. The smallest absolute Gasteiger partial charge is 0.333 e. The van der Waals surface area contributed by atoms with Crippen LogP contribution >= 0.6 is 0 Å². The number of carbonyl (C=O) groups is 1. The Bertz CT molecular complexity index is 508.